The van der Waals surface area contributed by atoms with Crippen LogP contribution in [-0.2, 0) is 14.3 Å². The first-order valence-electron chi connectivity index (χ1n) is 26.1. The van der Waals surface area contributed by atoms with Crippen molar-refractivity contribution in [1.29, 1.82) is 0 Å². The number of aliphatic hydroxyl groups is 9. The Hall–Kier alpha value is -0.970. The maximum atomic E-state index is 13.2. The number of aliphatic hydroxyl groups excluding tert-OH is 9. The number of carbonyl (C=O) groups is 1. The molecule has 1 saturated heterocycles. The molecule has 0 saturated carbocycles. The minimum Gasteiger partial charge on any atom is -0.394 e. The summed E-state index contributed by atoms with van der Waals surface area (Å²) >= 11 is 0. The van der Waals surface area contributed by atoms with E-state index in [9.17, 15) is 50.8 Å². The van der Waals surface area contributed by atoms with Crippen LogP contribution >= 0.6 is 0 Å². The third-order valence-corrected chi connectivity index (χ3v) is 13.1. The predicted octanol–water partition coefficient (Wildman–Crippen LogP) is 7.40. The number of hydrogen-bond acceptors (Lipinski definition) is 12. The fraction of sp³-hybridized carbons (Fsp3) is 0.980. The first kappa shape index (κ1) is 60.0. The van der Waals surface area contributed by atoms with E-state index in [1.807, 2.05) is 0 Å². The summed E-state index contributed by atoms with van der Waals surface area (Å²) in [5, 5.41) is 97.0. The van der Waals surface area contributed by atoms with Crippen molar-refractivity contribution in [1.82, 2.24) is 5.32 Å². The molecule has 1 amide bonds. The number of carbonyl (C=O) groups excluding carboxylic acids is 1. The summed E-state index contributed by atoms with van der Waals surface area (Å²) in [4.78, 5) is 13.2. The van der Waals surface area contributed by atoms with Gasteiger partial charge in [-0.05, 0) is 12.8 Å². The minimum absolute atomic E-state index is 0.189. The van der Waals surface area contributed by atoms with Crippen molar-refractivity contribution in [3.63, 3.8) is 0 Å². The van der Waals surface area contributed by atoms with Gasteiger partial charge in [-0.2, -0.15) is 0 Å². The molecule has 0 bridgehead atoms. The molecule has 1 fully saturated rings. The second-order valence-electron chi connectivity index (χ2n) is 18.9. The third-order valence-electron chi connectivity index (χ3n) is 13.1. The Morgan fingerprint density at radius 3 is 1.17 bits per heavy atom. The van der Waals surface area contributed by atoms with Crippen LogP contribution in [0.25, 0.3) is 0 Å². The van der Waals surface area contributed by atoms with Gasteiger partial charge in [0.15, 0.2) is 12.4 Å². The van der Waals surface area contributed by atoms with E-state index in [2.05, 4.69) is 19.2 Å². The second-order valence-corrected chi connectivity index (χ2v) is 18.9. The summed E-state index contributed by atoms with van der Waals surface area (Å²) in [6.45, 7) is 3.22. The zero-order chi connectivity index (χ0) is 46.5. The average Bonchev–Trinajstić information content (AvgIpc) is 3.28. The van der Waals surface area contributed by atoms with Gasteiger partial charge in [0, 0.05) is 0 Å². The molecule has 1 heterocycles. The average molecular weight is 906 g/mol. The van der Waals surface area contributed by atoms with Gasteiger partial charge in [-0.3, -0.25) is 4.79 Å². The second kappa shape index (κ2) is 40.1. The Bertz CT molecular complexity index is 1030. The summed E-state index contributed by atoms with van der Waals surface area (Å²) in [5.74, 6) is -1.11. The molecule has 13 nitrogen and oxygen atoms in total. The van der Waals surface area contributed by atoms with Gasteiger partial charge in [-0.15, -0.1) is 0 Å². The van der Waals surface area contributed by atoms with Crippen LogP contribution in [0.5, 0.6) is 0 Å². The Morgan fingerprint density at radius 2 is 0.825 bits per heavy atom. The zero-order valence-electron chi connectivity index (χ0n) is 40.1. The fourth-order valence-electron chi connectivity index (χ4n) is 8.68. The Labute approximate surface area is 383 Å². The molecule has 10 N–H and O–H groups in total. The summed E-state index contributed by atoms with van der Waals surface area (Å²) < 4.78 is 11.0. The van der Waals surface area contributed by atoms with E-state index in [1.54, 1.807) is 0 Å². The highest BCUT2D eigenvalue weighted by Crippen LogP contribution is 2.23. The molecule has 63 heavy (non-hydrogen) atoms. The molecule has 1 aliphatic rings. The highest BCUT2D eigenvalue weighted by molar-refractivity contribution is 5.81. The molecule has 0 aromatic carbocycles. The first-order valence-corrected chi connectivity index (χ1v) is 26.1. The maximum Gasteiger partial charge on any atom is 0.252 e. The van der Waals surface area contributed by atoms with Gasteiger partial charge in [-0.25, -0.2) is 0 Å². The molecule has 1 aliphatic heterocycles. The lowest BCUT2D eigenvalue weighted by Crippen LogP contribution is -2.61. The normalized spacial score (nSPS) is 22.1. The van der Waals surface area contributed by atoms with E-state index in [-0.39, 0.29) is 12.8 Å². The quantitative estimate of drug-likeness (QED) is 0.0270. The van der Waals surface area contributed by atoms with Crippen LogP contribution in [-0.4, -0.2) is 132 Å². The van der Waals surface area contributed by atoms with Gasteiger partial charge in [0.2, 0.25) is 0 Å². The van der Waals surface area contributed by atoms with E-state index in [0.717, 1.165) is 44.9 Å². The topological polar surface area (TPSA) is 230 Å². The summed E-state index contributed by atoms with van der Waals surface area (Å²) in [5.41, 5.74) is 0. The number of nitrogens with one attached hydrogen (secondary N) is 1. The lowest BCUT2D eigenvalue weighted by Gasteiger charge is -2.40. The van der Waals surface area contributed by atoms with Crippen LogP contribution < -0.4 is 5.32 Å². The predicted molar refractivity (Wildman–Crippen MR) is 250 cm³/mol. The van der Waals surface area contributed by atoms with Crippen molar-refractivity contribution in [3.8, 4) is 0 Å². The van der Waals surface area contributed by atoms with Crippen molar-refractivity contribution < 1.29 is 60.2 Å². The first-order chi connectivity index (χ1) is 30.5. The van der Waals surface area contributed by atoms with Gasteiger partial charge >= 0.3 is 0 Å². The number of rotatable bonds is 44. The van der Waals surface area contributed by atoms with Crippen molar-refractivity contribution in [2.24, 2.45) is 0 Å². The number of unbranched alkanes of at least 4 members (excludes halogenated alkanes) is 30. The number of hydrogen-bond donors (Lipinski definition) is 10. The molecule has 0 spiro atoms. The molecule has 376 valence electrons. The highest BCUT2D eigenvalue weighted by Gasteiger charge is 2.45. The largest absolute Gasteiger partial charge is 0.394 e. The summed E-state index contributed by atoms with van der Waals surface area (Å²) in [6, 6.07) is -1.37. The zero-order valence-corrected chi connectivity index (χ0v) is 40.1. The van der Waals surface area contributed by atoms with E-state index in [0.29, 0.717) is 12.8 Å². The van der Waals surface area contributed by atoms with Gasteiger partial charge in [-0.1, -0.05) is 219 Å². The van der Waals surface area contributed by atoms with Gasteiger partial charge in [0.05, 0.1) is 31.5 Å². The molecular weight excluding hydrogens is 807 g/mol. The Morgan fingerprint density at radius 1 is 0.492 bits per heavy atom. The third kappa shape index (κ3) is 28.7. The van der Waals surface area contributed by atoms with Crippen LogP contribution in [0.2, 0.25) is 0 Å². The highest BCUT2D eigenvalue weighted by atomic mass is 16.7. The van der Waals surface area contributed by atoms with Crippen LogP contribution in [0.3, 0.4) is 0 Å². The van der Waals surface area contributed by atoms with E-state index in [4.69, 9.17) is 9.47 Å². The van der Waals surface area contributed by atoms with Crippen molar-refractivity contribution >= 4 is 5.91 Å². The molecule has 0 aromatic heterocycles. The van der Waals surface area contributed by atoms with Crippen molar-refractivity contribution in [3.05, 3.63) is 0 Å². The fourth-order valence-corrected chi connectivity index (χ4v) is 8.68. The minimum atomic E-state index is -2.06. The molecular formula is C50H99NO12. The molecule has 13 heteroatoms. The molecule has 1 rings (SSSR count). The molecule has 0 aromatic rings. The smallest absolute Gasteiger partial charge is 0.252 e. The summed E-state index contributed by atoms with van der Waals surface area (Å²) in [7, 11) is 0. The lowest BCUT2D eigenvalue weighted by atomic mass is 9.97. The Kier molecular flexibility index (Phi) is 38.2. The maximum absolute atomic E-state index is 13.2. The van der Waals surface area contributed by atoms with Gasteiger partial charge in [0.25, 0.3) is 5.91 Å². The lowest BCUT2D eigenvalue weighted by molar-refractivity contribution is -0.303. The van der Waals surface area contributed by atoms with Crippen LogP contribution in [0.4, 0.5) is 0 Å². The Balaban J connectivity index is 2.44. The molecule has 0 aliphatic carbocycles. The van der Waals surface area contributed by atoms with E-state index >= 15 is 0 Å². The number of amides is 1. The van der Waals surface area contributed by atoms with Crippen LogP contribution in [0.1, 0.15) is 232 Å². The van der Waals surface area contributed by atoms with E-state index in [1.165, 1.54) is 148 Å². The van der Waals surface area contributed by atoms with Crippen LogP contribution in [0, 0.1) is 0 Å². The van der Waals surface area contributed by atoms with Crippen molar-refractivity contribution in [2.75, 3.05) is 13.2 Å². The SMILES string of the molecule is CCCCCCCCCCCCCCCCCCCCCCC(O)C(O)C(O)C(=O)NC(CO[C@H]1O[C@H](CO)[C@H](O)[C@H](O)[C@H]1O)C(O)C(O)CCCCCCCCCCCCCC. The number of ether oxygens (including phenoxy) is 2. The van der Waals surface area contributed by atoms with Gasteiger partial charge in [0.1, 0.15) is 36.6 Å². The standard InChI is InChI=1S/C50H99NO12/c1-3-5-7-9-11-13-15-17-18-19-20-21-22-23-24-26-28-30-32-34-36-41(54)44(56)47(59)49(61)51-39(38-62-50-48(60)46(58)45(57)42(37-52)63-50)43(55)40(53)35-33-31-29-27-25-16-14-12-10-8-6-4-2/h39-48,50,52-60H,3-38H2,1-2H3,(H,51,61)/t39?,40?,41?,42-,43?,44?,45+,46+,47?,48-,50+/m1/s1. The molecule has 6 unspecified atom stereocenters. The van der Waals surface area contributed by atoms with Gasteiger partial charge < -0.3 is 60.7 Å². The van der Waals surface area contributed by atoms with Crippen molar-refractivity contribution in [2.45, 2.75) is 299 Å². The molecule has 0 radical (unpaired) electrons. The van der Waals surface area contributed by atoms with E-state index < -0.39 is 86.4 Å². The monoisotopic (exact) mass is 906 g/mol. The summed E-state index contributed by atoms with van der Waals surface area (Å²) in [6.07, 6.45) is 22.9. The molecule has 11 atom stereocenters. The van der Waals surface area contributed by atoms with Crippen LogP contribution in [0.15, 0.2) is 0 Å².